The number of hydrogen-bond acceptors (Lipinski definition) is 5. The average molecular weight is 385 g/mol. The maximum atomic E-state index is 13.7. The van der Waals surface area contributed by atoms with Crippen molar-refractivity contribution in [3.05, 3.63) is 59.9 Å². The number of nitrogens with one attached hydrogen (secondary N) is 1. The van der Waals surface area contributed by atoms with E-state index in [1.165, 1.54) is 29.5 Å². The predicted octanol–water partition coefficient (Wildman–Crippen LogP) is 4.04. The maximum Gasteiger partial charge on any atom is 0.237 e. The van der Waals surface area contributed by atoms with Gasteiger partial charge in [-0.25, -0.2) is 4.39 Å². The average Bonchev–Trinajstić information content (AvgIpc) is 3.11. The standard InChI is InChI=1S/C19H20FN5OS/c1-12(2)14-8-10-15(11-9-14)25-19(22-23-24-25)27-13(3)18(26)21-17-7-5-4-6-16(17)20/h4-13H,1-3H3,(H,21,26)/t13-/m0/s1. The van der Waals surface area contributed by atoms with E-state index in [1.54, 1.807) is 23.7 Å². The minimum Gasteiger partial charge on any atom is -0.323 e. The lowest BCUT2D eigenvalue weighted by molar-refractivity contribution is -0.115. The Labute approximate surface area is 161 Å². The summed E-state index contributed by atoms with van der Waals surface area (Å²) >= 11 is 1.21. The number of anilines is 1. The van der Waals surface area contributed by atoms with Gasteiger partial charge in [0.15, 0.2) is 0 Å². The molecule has 0 saturated carbocycles. The summed E-state index contributed by atoms with van der Waals surface area (Å²) in [5.41, 5.74) is 2.19. The van der Waals surface area contributed by atoms with Crippen LogP contribution in [0.25, 0.3) is 5.69 Å². The number of carbonyl (C=O) groups excluding carboxylic acids is 1. The Morgan fingerprint density at radius 1 is 1.11 bits per heavy atom. The van der Waals surface area contributed by atoms with Crippen molar-refractivity contribution in [3.63, 3.8) is 0 Å². The summed E-state index contributed by atoms with van der Waals surface area (Å²) in [7, 11) is 0. The van der Waals surface area contributed by atoms with Crippen LogP contribution in [-0.4, -0.2) is 31.4 Å². The largest absolute Gasteiger partial charge is 0.323 e. The van der Waals surface area contributed by atoms with Gasteiger partial charge in [-0.05, 0) is 53.1 Å². The van der Waals surface area contributed by atoms with E-state index in [0.717, 1.165) is 5.69 Å². The number of aromatic nitrogens is 4. The Morgan fingerprint density at radius 2 is 1.81 bits per heavy atom. The number of hydrogen-bond donors (Lipinski definition) is 1. The summed E-state index contributed by atoms with van der Waals surface area (Å²) in [5.74, 6) is -0.364. The number of tetrazole rings is 1. The highest BCUT2D eigenvalue weighted by Crippen LogP contribution is 2.25. The summed E-state index contributed by atoms with van der Waals surface area (Å²) in [6, 6.07) is 14.0. The van der Waals surface area contributed by atoms with E-state index < -0.39 is 11.1 Å². The Morgan fingerprint density at radius 3 is 2.48 bits per heavy atom. The molecular formula is C19H20FN5OS. The van der Waals surface area contributed by atoms with Gasteiger partial charge in [-0.15, -0.1) is 5.10 Å². The van der Waals surface area contributed by atoms with Crippen LogP contribution in [0.4, 0.5) is 10.1 Å². The fourth-order valence-corrected chi connectivity index (χ4v) is 3.23. The van der Waals surface area contributed by atoms with Gasteiger partial charge in [0.2, 0.25) is 11.1 Å². The number of nitrogens with zero attached hydrogens (tertiary/aromatic N) is 4. The second-order valence-electron chi connectivity index (χ2n) is 6.35. The summed E-state index contributed by atoms with van der Waals surface area (Å²) in [6.07, 6.45) is 0. The van der Waals surface area contributed by atoms with Gasteiger partial charge < -0.3 is 5.32 Å². The van der Waals surface area contributed by atoms with Gasteiger partial charge in [-0.1, -0.05) is 49.9 Å². The molecule has 8 heteroatoms. The second kappa shape index (κ2) is 8.30. The van der Waals surface area contributed by atoms with Gasteiger partial charge in [0.25, 0.3) is 0 Å². The quantitative estimate of drug-likeness (QED) is 0.648. The van der Waals surface area contributed by atoms with Crippen LogP contribution in [0.15, 0.2) is 53.7 Å². The van der Waals surface area contributed by atoms with Crippen LogP contribution in [0.5, 0.6) is 0 Å². The van der Waals surface area contributed by atoms with Crippen LogP contribution in [0.2, 0.25) is 0 Å². The zero-order chi connectivity index (χ0) is 19.4. The summed E-state index contributed by atoms with van der Waals surface area (Å²) in [4.78, 5) is 12.4. The van der Waals surface area contributed by atoms with Gasteiger partial charge in [0.1, 0.15) is 5.82 Å². The number of benzene rings is 2. The first-order valence-corrected chi connectivity index (χ1v) is 9.44. The maximum absolute atomic E-state index is 13.7. The van der Waals surface area contributed by atoms with Crippen molar-refractivity contribution >= 4 is 23.4 Å². The van der Waals surface area contributed by atoms with E-state index in [1.807, 2.05) is 24.3 Å². The number of carbonyl (C=O) groups is 1. The first kappa shape index (κ1) is 19.0. The van der Waals surface area contributed by atoms with Crippen molar-refractivity contribution in [1.29, 1.82) is 0 Å². The first-order valence-electron chi connectivity index (χ1n) is 8.56. The van der Waals surface area contributed by atoms with Crippen molar-refractivity contribution in [2.24, 2.45) is 0 Å². The van der Waals surface area contributed by atoms with E-state index in [0.29, 0.717) is 11.1 Å². The molecule has 0 spiro atoms. The number of amides is 1. The van der Waals surface area contributed by atoms with Crippen LogP contribution in [0.1, 0.15) is 32.3 Å². The van der Waals surface area contributed by atoms with E-state index in [4.69, 9.17) is 0 Å². The van der Waals surface area contributed by atoms with Crippen molar-refractivity contribution in [2.75, 3.05) is 5.32 Å². The zero-order valence-electron chi connectivity index (χ0n) is 15.3. The smallest absolute Gasteiger partial charge is 0.237 e. The lowest BCUT2D eigenvalue weighted by Crippen LogP contribution is -2.23. The summed E-state index contributed by atoms with van der Waals surface area (Å²) in [5, 5.41) is 14.3. The summed E-state index contributed by atoms with van der Waals surface area (Å²) < 4.78 is 15.3. The van der Waals surface area contributed by atoms with Crippen LogP contribution < -0.4 is 5.32 Å². The highest BCUT2D eigenvalue weighted by atomic mass is 32.2. The van der Waals surface area contributed by atoms with Crippen molar-refractivity contribution in [3.8, 4) is 5.69 Å². The molecule has 3 rings (SSSR count). The molecule has 1 aromatic heterocycles. The monoisotopic (exact) mass is 385 g/mol. The number of rotatable bonds is 6. The SMILES string of the molecule is CC(C)c1ccc(-n2nnnc2S[C@@H](C)C(=O)Nc2ccccc2F)cc1. The molecular weight excluding hydrogens is 365 g/mol. The first-order chi connectivity index (χ1) is 13.0. The van der Waals surface area contributed by atoms with Crippen LogP contribution in [0, 0.1) is 5.82 Å². The van der Waals surface area contributed by atoms with E-state index in [-0.39, 0.29) is 11.6 Å². The van der Waals surface area contributed by atoms with Gasteiger partial charge in [-0.3, -0.25) is 4.79 Å². The van der Waals surface area contributed by atoms with Crippen molar-refractivity contribution < 1.29 is 9.18 Å². The molecule has 0 saturated heterocycles. The number of para-hydroxylation sites is 1. The van der Waals surface area contributed by atoms with Gasteiger partial charge >= 0.3 is 0 Å². The van der Waals surface area contributed by atoms with E-state index >= 15 is 0 Å². The molecule has 2 aromatic carbocycles. The Bertz CT molecular complexity index is 926. The highest BCUT2D eigenvalue weighted by molar-refractivity contribution is 8.00. The molecule has 1 amide bonds. The Kier molecular flexibility index (Phi) is 5.85. The molecule has 6 nitrogen and oxygen atoms in total. The lowest BCUT2D eigenvalue weighted by atomic mass is 10.0. The topological polar surface area (TPSA) is 72.7 Å². The minimum absolute atomic E-state index is 0.152. The third-order valence-electron chi connectivity index (χ3n) is 4.03. The minimum atomic E-state index is -0.510. The molecule has 0 bridgehead atoms. The number of halogens is 1. The molecule has 1 atom stereocenters. The van der Waals surface area contributed by atoms with Crippen LogP contribution in [0.3, 0.4) is 0 Å². The molecule has 0 aliphatic heterocycles. The van der Waals surface area contributed by atoms with Crippen LogP contribution in [-0.2, 0) is 4.79 Å². The molecule has 140 valence electrons. The third kappa shape index (κ3) is 4.51. The van der Waals surface area contributed by atoms with Crippen molar-refractivity contribution in [2.45, 2.75) is 37.1 Å². The summed E-state index contributed by atoms with van der Waals surface area (Å²) in [6.45, 7) is 5.98. The molecule has 0 radical (unpaired) electrons. The van der Waals surface area contributed by atoms with Gasteiger partial charge in [-0.2, -0.15) is 4.68 Å². The van der Waals surface area contributed by atoms with Crippen molar-refractivity contribution in [1.82, 2.24) is 20.2 Å². The number of thioether (sulfide) groups is 1. The molecule has 3 aromatic rings. The highest BCUT2D eigenvalue weighted by Gasteiger charge is 2.20. The zero-order valence-corrected chi connectivity index (χ0v) is 16.1. The van der Waals surface area contributed by atoms with Gasteiger partial charge in [0, 0.05) is 0 Å². The Hall–Kier alpha value is -2.74. The second-order valence-corrected chi connectivity index (χ2v) is 7.66. The predicted molar refractivity (Wildman–Crippen MR) is 104 cm³/mol. The molecule has 1 heterocycles. The fourth-order valence-electron chi connectivity index (χ4n) is 2.42. The molecule has 1 N–H and O–H groups in total. The van der Waals surface area contributed by atoms with Gasteiger partial charge in [0.05, 0.1) is 16.6 Å². The normalized spacial score (nSPS) is 12.2. The molecule has 0 aliphatic rings. The molecule has 0 aliphatic carbocycles. The van der Waals surface area contributed by atoms with E-state index in [2.05, 4.69) is 34.7 Å². The van der Waals surface area contributed by atoms with E-state index in [9.17, 15) is 9.18 Å². The molecule has 0 unspecified atom stereocenters. The van der Waals surface area contributed by atoms with Crippen LogP contribution >= 0.6 is 11.8 Å². The molecule has 0 fully saturated rings. The third-order valence-corrected chi connectivity index (χ3v) is 5.06. The fraction of sp³-hybridized carbons (Fsp3) is 0.263. The lowest BCUT2D eigenvalue weighted by Gasteiger charge is -2.12. The molecule has 27 heavy (non-hydrogen) atoms. The Balaban J connectivity index is 1.72.